The van der Waals surface area contributed by atoms with Gasteiger partial charge in [0.25, 0.3) is 6.43 Å². The fourth-order valence-electron chi connectivity index (χ4n) is 1.33. The van der Waals surface area contributed by atoms with E-state index in [4.69, 9.17) is 0 Å². The summed E-state index contributed by atoms with van der Waals surface area (Å²) in [4.78, 5) is -0.768. The maximum atomic E-state index is 12.4. The van der Waals surface area contributed by atoms with Gasteiger partial charge in [0.2, 0.25) is 5.25 Å². The van der Waals surface area contributed by atoms with Crippen molar-refractivity contribution in [3.63, 3.8) is 0 Å². The van der Waals surface area contributed by atoms with Crippen LogP contribution < -0.4 is 0 Å². The van der Waals surface area contributed by atoms with E-state index >= 15 is 0 Å². The van der Waals surface area contributed by atoms with Crippen molar-refractivity contribution in [2.45, 2.75) is 29.7 Å². The van der Waals surface area contributed by atoms with E-state index in [1.54, 1.807) is 6.92 Å². The van der Waals surface area contributed by atoms with Crippen molar-refractivity contribution in [2.75, 3.05) is 0 Å². The molecule has 0 heterocycles. The van der Waals surface area contributed by atoms with Crippen molar-refractivity contribution in [1.29, 1.82) is 0 Å². The predicted octanol–water partition coefficient (Wildman–Crippen LogP) is 2.96. The molecule has 0 spiro atoms. The minimum Gasteiger partial charge on any atom is -0.223 e. The van der Waals surface area contributed by atoms with Gasteiger partial charge in [-0.05, 0) is 19.1 Å². The summed E-state index contributed by atoms with van der Waals surface area (Å²) in [5, 5.41) is -3.70. The van der Waals surface area contributed by atoms with Crippen molar-refractivity contribution in [3.8, 4) is 0 Å². The number of alkyl halides is 5. The first-order valence-corrected chi connectivity index (χ1v) is 6.27. The highest BCUT2D eigenvalue weighted by Gasteiger charge is 2.55. The van der Waals surface area contributed by atoms with E-state index in [-0.39, 0.29) is 0 Å². The Bertz CT molecular complexity index is 504. The molecule has 0 N–H and O–H groups in total. The third-order valence-corrected chi connectivity index (χ3v) is 4.31. The second kappa shape index (κ2) is 4.83. The summed E-state index contributed by atoms with van der Waals surface area (Å²) in [6.45, 7) is 1.59. The summed E-state index contributed by atoms with van der Waals surface area (Å²) in [5.74, 6) is 0. The van der Waals surface area contributed by atoms with Crippen LogP contribution in [0.3, 0.4) is 0 Å². The molecule has 1 unspecified atom stereocenters. The Hall–Kier alpha value is -1.18. The van der Waals surface area contributed by atoms with E-state index in [0.717, 1.165) is 12.1 Å². The molecular weight excluding hydrogens is 279 g/mol. The van der Waals surface area contributed by atoms with E-state index in [0.29, 0.717) is 5.56 Å². The van der Waals surface area contributed by atoms with Gasteiger partial charge in [-0.1, -0.05) is 17.7 Å². The highest BCUT2D eigenvalue weighted by atomic mass is 32.2. The molecule has 1 aromatic rings. The number of halogens is 5. The molecule has 1 aromatic carbocycles. The molecule has 1 atom stereocenters. The highest BCUT2D eigenvalue weighted by molar-refractivity contribution is 7.92. The van der Waals surface area contributed by atoms with E-state index in [1.165, 1.54) is 12.1 Å². The molecule has 2 nitrogen and oxygen atoms in total. The number of rotatable bonds is 3. The van der Waals surface area contributed by atoms with Crippen molar-refractivity contribution in [2.24, 2.45) is 0 Å². The van der Waals surface area contributed by atoms with E-state index in [9.17, 15) is 30.4 Å². The summed E-state index contributed by atoms with van der Waals surface area (Å²) < 4.78 is 84.9. The van der Waals surface area contributed by atoms with Crippen LogP contribution >= 0.6 is 0 Å². The minimum absolute atomic E-state index is 0.606. The average molecular weight is 288 g/mol. The first kappa shape index (κ1) is 14.9. The van der Waals surface area contributed by atoms with Crippen molar-refractivity contribution in [1.82, 2.24) is 0 Å². The van der Waals surface area contributed by atoms with Gasteiger partial charge in [-0.15, -0.1) is 0 Å². The van der Waals surface area contributed by atoms with Crippen molar-refractivity contribution >= 4 is 9.84 Å². The molecular formula is C10H9F5O2S. The van der Waals surface area contributed by atoms with Gasteiger partial charge in [-0.25, -0.2) is 17.2 Å². The topological polar surface area (TPSA) is 34.1 Å². The SMILES string of the molecule is Cc1ccc(S(=O)(=O)C(C(F)F)C(F)(F)F)cc1. The Labute approximate surface area is 100 Å². The number of aryl methyl sites for hydroxylation is 1. The van der Waals surface area contributed by atoms with Gasteiger partial charge in [0.05, 0.1) is 4.90 Å². The number of hydrogen-bond donors (Lipinski definition) is 0. The first-order chi connectivity index (χ1) is 8.06. The number of hydrogen-bond acceptors (Lipinski definition) is 2. The molecule has 0 saturated heterocycles. The number of benzene rings is 1. The second-order valence-electron chi connectivity index (χ2n) is 3.65. The van der Waals surface area contributed by atoms with Crippen LogP contribution in [0.2, 0.25) is 0 Å². The quantitative estimate of drug-likeness (QED) is 0.801. The highest BCUT2D eigenvalue weighted by Crippen LogP contribution is 2.34. The smallest absolute Gasteiger partial charge is 0.223 e. The molecule has 0 fully saturated rings. The van der Waals surface area contributed by atoms with Gasteiger partial charge in [-0.3, -0.25) is 0 Å². The van der Waals surface area contributed by atoms with Crippen LogP contribution in [0.15, 0.2) is 29.2 Å². The second-order valence-corrected chi connectivity index (χ2v) is 5.72. The lowest BCUT2D eigenvalue weighted by Crippen LogP contribution is -2.42. The zero-order chi connectivity index (χ0) is 14.1. The Balaban J connectivity index is 3.31. The van der Waals surface area contributed by atoms with Crippen LogP contribution in [0.25, 0.3) is 0 Å². The maximum Gasteiger partial charge on any atom is 0.411 e. The van der Waals surface area contributed by atoms with Gasteiger partial charge < -0.3 is 0 Å². The monoisotopic (exact) mass is 288 g/mol. The zero-order valence-corrected chi connectivity index (χ0v) is 9.90. The lowest BCUT2D eigenvalue weighted by atomic mass is 10.2. The summed E-state index contributed by atoms with van der Waals surface area (Å²) in [6.07, 6.45) is -9.55. The standard InChI is InChI=1S/C10H9F5O2S/c1-6-2-4-7(5-3-6)18(16,17)8(9(11)12)10(13,14)15/h2-5,8-9H,1H3. The molecule has 0 saturated carbocycles. The molecule has 18 heavy (non-hydrogen) atoms. The number of sulfone groups is 1. The van der Waals surface area contributed by atoms with Gasteiger partial charge in [0.1, 0.15) is 0 Å². The molecule has 0 radical (unpaired) electrons. The predicted molar refractivity (Wildman–Crippen MR) is 54.2 cm³/mol. The van der Waals surface area contributed by atoms with Crippen molar-refractivity contribution < 1.29 is 30.4 Å². The summed E-state index contributed by atoms with van der Waals surface area (Å²) in [6, 6.07) is 4.25. The average Bonchev–Trinajstić information content (AvgIpc) is 2.14. The van der Waals surface area contributed by atoms with Gasteiger partial charge >= 0.3 is 6.18 Å². The Morgan fingerprint density at radius 3 is 1.83 bits per heavy atom. The molecule has 0 bridgehead atoms. The normalized spacial score (nSPS) is 14.8. The van der Waals surface area contributed by atoms with Crippen LogP contribution in [0.1, 0.15) is 5.56 Å². The maximum absolute atomic E-state index is 12.4. The van der Waals surface area contributed by atoms with Crippen LogP contribution in [0, 0.1) is 6.92 Å². The molecule has 0 aliphatic heterocycles. The first-order valence-electron chi connectivity index (χ1n) is 4.72. The van der Waals surface area contributed by atoms with E-state index in [1.807, 2.05) is 0 Å². The largest absolute Gasteiger partial charge is 0.411 e. The van der Waals surface area contributed by atoms with Gasteiger partial charge in [0.15, 0.2) is 9.84 Å². The van der Waals surface area contributed by atoms with Gasteiger partial charge in [0, 0.05) is 0 Å². The van der Waals surface area contributed by atoms with Crippen LogP contribution in [-0.4, -0.2) is 26.3 Å². The molecule has 102 valence electrons. The molecule has 0 aromatic heterocycles. The fourth-order valence-corrected chi connectivity index (χ4v) is 2.76. The molecule has 0 aliphatic rings. The van der Waals surface area contributed by atoms with Gasteiger partial charge in [-0.2, -0.15) is 13.2 Å². The van der Waals surface area contributed by atoms with E-state index < -0.39 is 32.6 Å². The molecule has 0 amide bonds. The Morgan fingerprint density at radius 1 is 1.06 bits per heavy atom. The van der Waals surface area contributed by atoms with Crippen LogP contribution in [-0.2, 0) is 9.84 Å². The summed E-state index contributed by atoms with van der Waals surface area (Å²) >= 11 is 0. The summed E-state index contributed by atoms with van der Waals surface area (Å²) in [7, 11) is -5.15. The molecule has 1 rings (SSSR count). The summed E-state index contributed by atoms with van der Waals surface area (Å²) in [5.41, 5.74) is 0.606. The third-order valence-electron chi connectivity index (χ3n) is 2.24. The molecule has 8 heteroatoms. The Kier molecular flexibility index (Phi) is 3.99. The van der Waals surface area contributed by atoms with E-state index in [2.05, 4.69) is 0 Å². The lowest BCUT2D eigenvalue weighted by Gasteiger charge is -2.19. The van der Waals surface area contributed by atoms with Crippen LogP contribution in [0.5, 0.6) is 0 Å². The zero-order valence-electron chi connectivity index (χ0n) is 9.08. The fraction of sp³-hybridized carbons (Fsp3) is 0.400. The minimum atomic E-state index is -5.52. The van der Waals surface area contributed by atoms with Crippen LogP contribution in [0.4, 0.5) is 22.0 Å². The van der Waals surface area contributed by atoms with Crippen molar-refractivity contribution in [3.05, 3.63) is 29.8 Å². The lowest BCUT2D eigenvalue weighted by molar-refractivity contribution is -0.153. The molecule has 0 aliphatic carbocycles. The Morgan fingerprint density at radius 2 is 1.50 bits per heavy atom. The third kappa shape index (κ3) is 2.98.